The molecule has 1 amide bonds. The van der Waals surface area contributed by atoms with Crippen LogP contribution in [0.3, 0.4) is 0 Å². The van der Waals surface area contributed by atoms with Gasteiger partial charge in [0.2, 0.25) is 0 Å². The molecule has 0 radical (unpaired) electrons. The molecule has 1 fully saturated rings. The molecular weight excluding hydrogens is 309 g/mol. The molecular formula is C15H15F3N4O. The highest BCUT2D eigenvalue weighted by atomic mass is 19.4. The standard InChI is InChI=1S/C15H15F3N4O/c16-15(17,18)13-4-2-1-3-12(13)14(23)21-9-5-11(6-10-21)22-19-7-8-20-22/h1-4,7-8,11H,5-6,9-10H2. The highest BCUT2D eigenvalue weighted by molar-refractivity contribution is 5.96. The maximum atomic E-state index is 13.0. The molecule has 0 bridgehead atoms. The van der Waals surface area contributed by atoms with Crippen LogP contribution in [0.1, 0.15) is 34.8 Å². The van der Waals surface area contributed by atoms with Gasteiger partial charge in [0.15, 0.2) is 0 Å². The molecule has 0 aliphatic carbocycles. The van der Waals surface area contributed by atoms with Crippen LogP contribution in [-0.4, -0.2) is 38.9 Å². The van der Waals surface area contributed by atoms with E-state index in [4.69, 9.17) is 0 Å². The van der Waals surface area contributed by atoms with Crippen LogP contribution in [0.2, 0.25) is 0 Å². The van der Waals surface area contributed by atoms with Gasteiger partial charge in [-0.25, -0.2) is 0 Å². The van der Waals surface area contributed by atoms with E-state index in [-0.39, 0.29) is 11.6 Å². The van der Waals surface area contributed by atoms with Crippen LogP contribution >= 0.6 is 0 Å². The van der Waals surface area contributed by atoms with E-state index in [9.17, 15) is 18.0 Å². The summed E-state index contributed by atoms with van der Waals surface area (Å²) in [5.74, 6) is -0.579. The van der Waals surface area contributed by atoms with Gasteiger partial charge in [-0.1, -0.05) is 12.1 Å². The summed E-state index contributed by atoms with van der Waals surface area (Å²) in [7, 11) is 0. The van der Waals surface area contributed by atoms with Crippen molar-refractivity contribution in [2.45, 2.75) is 25.1 Å². The number of likely N-dealkylation sites (tertiary alicyclic amines) is 1. The number of nitrogens with zero attached hydrogens (tertiary/aromatic N) is 4. The Balaban J connectivity index is 1.73. The van der Waals surface area contributed by atoms with E-state index in [2.05, 4.69) is 10.2 Å². The van der Waals surface area contributed by atoms with Gasteiger partial charge in [-0.05, 0) is 25.0 Å². The van der Waals surface area contributed by atoms with Crippen LogP contribution in [0.25, 0.3) is 0 Å². The number of carbonyl (C=O) groups excluding carboxylic acids is 1. The van der Waals surface area contributed by atoms with Crippen LogP contribution in [0.5, 0.6) is 0 Å². The number of alkyl halides is 3. The number of amides is 1. The van der Waals surface area contributed by atoms with Crippen LogP contribution in [0, 0.1) is 0 Å². The van der Waals surface area contributed by atoms with E-state index >= 15 is 0 Å². The molecule has 1 aromatic heterocycles. The first kappa shape index (κ1) is 15.5. The average molecular weight is 324 g/mol. The number of benzene rings is 1. The summed E-state index contributed by atoms with van der Waals surface area (Å²) in [6.45, 7) is 0.772. The van der Waals surface area contributed by atoms with E-state index in [0.717, 1.165) is 6.07 Å². The molecule has 0 N–H and O–H groups in total. The third-order valence-corrected chi connectivity index (χ3v) is 3.98. The largest absolute Gasteiger partial charge is 0.417 e. The van der Waals surface area contributed by atoms with Crippen molar-refractivity contribution >= 4 is 5.91 Å². The fourth-order valence-electron chi connectivity index (χ4n) is 2.80. The summed E-state index contributed by atoms with van der Waals surface area (Å²) in [6.07, 6.45) is -0.138. The van der Waals surface area contributed by atoms with Crippen molar-refractivity contribution in [2.75, 3.05) is 13.1 Å². The predicted molar refractivity (Wildman–Crippen MR) is 75.6 cm³/mol. The number of carbonyl (C=O) groups is 1. The Kier molecular flexibility index (Phi) is 4.06. The number of hydrogen-bond donors (Lipinski definition) is 0. The summed E-state index contributed by atoms with van der Waals surface area (Å²) in [6, 6.07) is 4.98. The average Bonchev–Trinajstić information content (AvgIpc) is 3.08. The molecule has 0 saturated carbocycles. The third kappa shape index (κ3) is 3.20. The lowest BCUT2D eigenvalue weighted by molar-refractivity contribution is -0.138. The molecule has 122 valence electrons. The second kappa shape index (κ2) is 6.02. The minimum Gasteiger partial charge on any atom is -0.338 e. The minimum absolute atomic E-state index is 0.0758. The van der Waals surface area contributed by atoms with Gasteiger partial charge in [0.1, 0.15) is 0 Å². The van der Waals surface area contributed by atoms with Gasteiger partial charge in [0, 0.05) is 13.1 Å². The van der Waals surface area contributed by atoms with E-state index < -0.39 is 17.6 Å². The van der Waals surface area contributed by atoms with Crippen LogP contribution < -0.4 is 0 Å². The molecule has 1 aliphatic rings. The van der Waals surface area contributed by atoms with Crippen molar-refractivity contribution in [3.8, 4) is 0 Å². The lowest BCUT2D eigenvalue weighted by Crippen LogP contribution is -2.40. The fraction of sp³-hybridized carbons (Fsp3) is 0.400. The fourth-order valence-corrected chi connectivity index (χ4v) is 2.80. The first-order valence-corrected chi connectivity index (χ1v) is 7.28. The summed E-state index contributed by atoms with van der Waals surface area (Å²) >= 11 is 0. The highest BCUT2D eigenvalue weighted by Crippen LogP contribution is 2.33. The van der Waals surface area contributed by atoms with Gasteiger partial charge >= 0.3 is 6.18 Å². The number of piperidine rings is 1. The van der Waals surface area contributed by atoms with Crippen LogP contribution in [-0.2, 0) is 6.18 Å². The maximum absolute atomic E-state index is 13.0. The molecule has 8 heteroatoms. The smallest absolute Gasteiger partial charge is 0.338 e. The molecule has 1 aromatic carbocycles. The van der Waals surface area contributed by atoms with Gasteiger partial charge in [0.05, 0.1) is 29.6 Å². The van der Waals surface area contributed by atoms with Crippen molar-refractivity contribution in [2.24, 2.45) is 0 Å². The van der Waals surface area contributed by atoms with Crippen LogP contribution in [0.15, 0.2) is 36.7 Å². The molecule has 5 nitrogen and oxygen atoms in total. The number of hydrogen-bond acceptors (Lipinski definition) is 3. The minimum atomic E-state index is -4.54. The second-order valence-corrected chi connectivity index (χ2v) is 5.42. The Bertz CT molecular complexity index is 676. The number of halogens is 3. The zero-order valence-corrected chi connectivity index (χ0v) is 12.2. The first-order chi connectivity index (χ1) is 11.0. The topological polar surface area (TPSA) is 51.0 Å². The normalized spacial score (nSPS) is 16.6. The SMILES string of the molecule is O=C(c1ccccc1C(F)(F)F)N1CCC(n2nccn2)CC1. The lowest BCUT2D eigenvalue weighted by atomic mass is 10.0. The molecule has 1 saturated heterocycles. The number of aromatic nitrogens is 3. The van der Waals surface area contributed by atoms with Crippen molar-refractivity contribution in [1.82, 2.24) is 19.9 Å². The van der Waals surface area contributed by atoms with Gasteiger partial charge < -0.3 is 4.90 Å². The van der Waals surface area contributed by atoms with Gasteiger partial charge in [-0.3, -0.25) is 4.79 Å². The Hall–Kier alpha value is -2.38. The van der Waals surface area contributed by atoms with Gasteiger partial charge in [0.25, 0.3) is 5.91 Å². The zero-order chi connectivity index (χ0) is 16.4. The Morgan fingerprint density at radius 3 is 2.30 bits per heavy atom. The summed E-state index contributed by atoms with van der Waals surface area (Å²) in [5, 5.41) is 8.14. The zero-order valence-electron chi connectivity index (χ0n) is 12.2. The third-order valence-electron chi connectivity index (χ3n) is 3.98. The molecule has 0 unspecified atom stereocenters. The second-order valence-electron chi connectivity index (χ2n) is 5.42. The van der Waals surface area contributed by atoms with E-state index in [0.29, 0.717) is 25.9 Å². The van der Waals surface area contributed by atoms with Crippen molar-refractivity contribution in [3.05, 3.63) is 47.8 Å². The molecule has 0 atom stereocenters. The van der Waals surface area contributed by atoms with Crippen molar-refractivity contribution in [1.29, 1.82) is 0 Å². The van der Waals surface area contributed by atoms with Gasteiger partial charge in [-0.2, -0.15) is 28.2 Å². The maximum Gasteiger partial charge on any atom is 0.417 e. The molecule has 2 heterocycles. The molecule has 2 aromatic rings. The Labute approximate surface area is 130 Å². The Morgan fingerprint density at radius 1 is 1.09 bits per heavy atom. The van der Waals surface area contributed by atoms with Crippen molar-refractivity contribution in [3.63, 3.8) is 0 Å². The Morgan fingerprint density at radius 2 is 1.70 bits per heavy atom. The molecule has 23 heavy (non-hydrogen) atoms. The number of rotatable bonds is 2. The van der Waals surface area contributed by atoms with Crippen molar-refractivity contribution < 1.29 is 18.0 Å². The predicted octanol–water partition coefficient (Wildman–Crippen LogP) is 2.77. The lowest BCUT2D eigenvalue weighted by Gasteiger charge is -2.32. The van der Waals surface area contributed by atoms with Crippen LogP contribution in [0.4, 0.5) is 13.2 Å². The van der Waals surface area contributed by atoms with E-state index in [1.807, 2.05) is 0 Å². The van der Waals surface area contributed by atoms with E-state index in [1.54, 1.807) is 17.2 Å². The highest BCUT2D eigenvalue weighted by Gasteiger charge is 2.36. The van der Waals surface area contributed by atoms with Gasteiger partial charge in [-0.15, -0.1) is 0 Å². The summed E-state index contributed by atoms with van der Waals surface area (Å²) in [4.78, 5) is 15.5. The van der Waals surface area contributed by atoms with E-state index in [1.165, 1.54) is 23.1 Å². The molecule has 0 spiro atoms. The molecule has 1 aliphatic heterocycles. The quantitative estimate of drug-likeness (QED) is 0.853. The first-order valence-electron chi connectivity index (χ1n) is 7.28. The summed E-state index contributed by atoms with van der Waals surface area (Å²) in [5.41, 5.74) is -1.18. The monoisotopic (exact) mass is 324 g/mol. The molecule has 3 rings (SSSR count). The summed E-state index contributed by atoms with van der Waals surface area (Å²) < 4.78 is 39.1.